The number of carbonyl (C=O) groups excluding carboxylic acids is 1. The first-order valence-corrected chi connectivity index (χ1v) is 11.9. The SMILES string of the molecule is Cc1cc(F)c(C(=O)Nc2cccc(-c3sccc3C(C)C)n2)cc1-c1cnn(C2CC2)n1. The molecule has 1 amide bonds. The molecule has 1 saturated carbocycles. The minimum Gasteiger partial charge on any atom is -0.306 e. The fourth-order valence-corrected chi connectivity index (χ4v) is 4.82. The summed E-state index contributed by atoms with van der Waals surface area (Å²) in [5.74, 6) is -0.394. The Morgan fingerprint density at radius 3 is 2.79 bits per heavy atom. The van der Waals surface area contributed by atoms with Gasteiger partial charge in [-0.25, -0.2) is 9.37 Å². The Kier molecular flexibility index (Phi) is 5.54. The second kappa shape index (κ2) is 8.51. The highest BCUT2D eigenvalue weighted by molar-refractivity contribution is 7.13. The predicted octanol–water partition coefficient (Wildman–Crippen LogP) is 6.23. The molecule has 0 saturated heterocycles. The molecule has 3 heterocycles. The molecule has 0 aliphatic heterocycles. The molecule has 5 rings (SSSR count). The summed E-state index contributed by atoms with van der Waals surface area (Å²) in [6, 6.07) is 10.8. The number of nitrogens with one attached hydrogen (secondary N) is 1. The second-order valence-corrected chi connectivity index (χ2v) is 9.57. The summed E-state index contributed by atoms with van der Waals surface area (Å²) < 4.78 is 14.8. The number of pyridine rings is 1. The number of nitrogens with zero attached hydrogens (tertiary/aromatic N) is 4. The lowest BCUT2D eigenvalue weighted by atomic mass is 10.0. The van der Waals surface area contributed by atoms with Crippen molar-refractivity contribution in [2.75, 3.05) is 5.32 Å². The van der Waals surface area contributed by atoms with Gasteiger partial charge in [0.25, 0.3) is 5.91 Å². The van der Waals surface area contributed by atoms with Gasteiger partial charge in [-0.1, -0.05) is 19.9 Å². The van der Waals surface area contributed by atoms with Crippen molar-refractivity contribution in [3.63, 3.8) is 0 Å². The minimum absolute atomic E-state index is 0.0530. The summed E-state index contributed by atoms with van der Waals surface area (Å²) in [6.07, 6.45) is 3.80. The summed E-state index contributed by atoms with van der Waals surface area (Å²) in [5.41, 5.74) is 3.97. The first-order chi connectivity index (χ1) is 15.9. The lowest BCUT2D eigenvalue weighted by Crippen LogP contribution is -2.15. The third kappa shape index (κ3) is 4.30. The van der Waals surface area contributed by atoms with Crippen molar-refractivity contribution >= 4 is 23.1 Å². The Morgan fingerprint density at radius 2 is 2.03 bits per heavy atom. The number of aryl methyl sites for hydroxylation is 1. The molecule has 0 unspecified atom stereocenters. The van der Waals surface area contributed by atoms with E-state index in [1.165, 1.54) is 11.6 Å². The number of hydrogen-bond donors (Lipinski definition) is 1. The molecule has 1 aliphatic rings. The van der Waals surface area contributed by atoms with Crippen molar-refractivity contribution in [1.29, 1.82) is 0 Å². The molecule has 0 bridgehead atoms. The van der Waals surface area contributed by atoms with Gasteiger partial charge < -0.3 is 5.32 Å². The van der Waals surface area contributed by atoms with Crippen molar-refractivity contribution in [2.45, 2.75) is 45.6 Å². The van der Waals surface area contributed by atoms with Crippen molar-refractivity contribution in [2.24, 2.45) is 0 Å². The molecule has 8 heteroatoms. The van der Waals surface area contributed by atoms with Crippen LogP contribution in [0.2, 0.25) is 0 Å². The zero-order valence-corrected chi connectivity index (χ0v) is 19.5. The number of aromatic nitrogens is 4. The van der Waals surface area contributed by atoms with Gasteiger partial charge in [-0.15, -0.1) is 11.3 Å². The highest BCUT2D eigenvalue weighted by Crippen LogP contribution is 2.35. The normalized spacial score (nSPS) is 13.5. The first kappa shape index (κ1) is 21.5. The van der Waals surface area contributed by atoms with Gasteiger partial charge in [0.05, 0.1) is 28.4 Å². The van der Waals surface area contributed by atoms with Crippen LogP contribution >= 0.6 is 11.3 Å². The van der Waals surface area contributed by atoms with Crippen LogP contribution in [0.3, 0.4) is 0 Å². The smallest absolute Gasteiger partial charge is 0.259 e. The van der Waals surface area contributed by atoms with Gasteiger partial charge in [0.15, 0.2) is 0 Å². The van der Waals surface area contributed by atoms with Crippen LogP contribution in [0.1, 0.15) is 60.1 Å². The van der Waals surface area contributed by atoms with Gasteiger partial charge in [-0.2, -0.15) is 15.0 Å². The molecule has 1 aromatic carbocycles. The molecule has 6 nitrogen and oxygen atoms in total. The summed E-state index contributed by atoms with van der Waals surface area (Å²) >= 11 is 1.62. The van der Waals surface area contributed by atoms with Gasteiger partial charge in [-0.3, -0.25) is 4.79 Å². The highest BCUT2D eigenvalue weighted by Gasteiger charge is 2.26. The zero-order valence-electron chi connectivity index (χ0n) is 18.7. The van der Waals surface area contributed by atoms with Gasteiger partial charge in [-0.05, 0) is 72.5 Å². The topological polar surface area (TPSA) is 72.7 Å². The maximum Gasteiger partial charge on any atom is 0.259 e. The molecule has 168 valence electrons. The van der Waals surface area contributed by atoms with E-state index < -0.39 is 11.7 Å². The van der Waals surface area contributed by atoms with E-state index in [-0.39, 0.29) is 5.56 Å². The number of anilines is 1. The van der Waals surface area contributed by atoms with Gasteiger partial charge in [0.1, 0.15) is 17.3 Å². The monoisotopic (exact) mass is 461 g/mol. The van der Waals surface area contributed by atoms with E-state index in [1.54, 1.807) is 41.4 Å². The Bertz CT molecular complexity index is 1340. The lowest BCUT2D eigenvalue weighted by Gasteiger charge is -2.11. The van der Waals surface area contributed by atoms with E-state index in [0.29, 0.717) is 34.6 Å². The molecule has 1 fully saturated rings. The Morgan fingerprint density at radius 1 is 1.21 bits per heavy atom. The largest absolute Gasteiger partial charge is 0.306 e. The number of carbonyl (C=O) groups is 1. The molecular weight excluding hydrogens is 437 g/mol. The highest BCUT2D eigenvalue weighted by atomic mass is 32.1. The minimum atomic E-state index is -0.583. The van der Waals surface area contributed by atoms with Crippen LogP contribution in [-0.4, -0.2) is 25.9 Å². The number of thiophene rings is 1. The molecule has 3 aromatic heterocycles. The number of rotatable bonds is 6. The molecule has 0 atom stereocenters. The lowest BCUT2D eigenvalue weighted by molar-refractivity contribution is 0.102. The maximum absolute atomic E-state index is 14.8. The van der Waals surface area contributed by atoms with Crippen molar-refractivity contribution in [1.82, 2.24) is 20.0 Å². The van der Waals surface area contributed by atoms with Crippen molar-refractivity contribution in [3.05, 3.63) is 70.5 Å². The molecule has 0 radical (unpaired) electrons. The maximum atomic E-state index is 14.8. The molecule has 33 heavy (non-hydrogen) atoms. The van der Waals surface area contributed by atoms with E-state index in [9.17, 15) is 9.18 Å². The van der Waals surface area contributed by atoms with Crippen molar-refractivity contribution < 1.29 is 9.18 Å². The third-order valence-corrected chi connectivity index (χ3v) is 6.71. The summed E-state index contributed by atoms with van der Waals surface area (Å²) in [5, 5.41) is 13.6. The number of benzene rings is 1. The average molecular weight is 462 g/mol. The molecule has 0 spiro atoms. The van der Waals surface area contributed by atoms with Crippen LogP contribution in [-0.2, 0) is 0 Å². The van der Waals surface area contributed by atoms with Crippen LogP contribution < -0.4 is 5.32 Å². The quantitative estimate of drug-likeness (QED) is 0.370. The van der Waals surface area contributed by atoms with E-state index in [4.69, 9.17) is 0 Å². The second-order valence-electron chi connectivity index (χ2n) is 8.65. The van der Waals surface area contributed by atoms with Crippen LogP contribution in [0.5, 0.6) is 0 Å². The number of hydrogen-bond acceptors (Lipinski definition) is 5. The van der Waals surface area contributed by atoms with Crippen molar-refractivity contribution in [3.8, 4) is 21.8 Å². The third-order valence-electron chi connectivity index (χ3n) is 5.76. The Labute approximate surface area is 195 Å². The zero-order chi connectivity index (χ0) is 23.1. The summed E-state index contributed by atoms with van der Waals surface area (Å²) in [4.78, 5) is 20.4. The van der Waals surface area contributed by atoms with Gasteiger partial charge in [0.2, 0.25) is 0 Å². The fourth-order valence-electron chi connectivity index (χ4n) is 3.80. The Hall–Kier alpha value is -3.39. The molecule has 1 N–H and O–H groups in total. The first-order valence-electron chi connectivity index (χ1n) is 11.0. The van der Waals surface area contributed by atoms with Gasteiger partial charge in [0, 0.05) is 5.56 Å². The molecular formula is C25H24FN5OS. The van der Waals surface area contributed by atoms with Crippen LogP contribution in [0, 0.1) is 12.7 Å². The molecule has 4 aromatic rings. The van der Waals surface area contributed by atoms with Crippen LogP contribution in [0.4, 0.5) is 10.2 Å². The van der Waals surface area contributed by atoms with Crippen LogP contribution in [0.25, 0.3) is 21.8 Å². The Balaban J connectivity index is 1.42. The average Bonchev–Trinajstić information content (AvgIpc) is 3.31. The van der Waals surface area contributed by atoms with E-state index >= 15 is 0 Å². The van der Waals surface area contributed by atoms with Crippen LogP contribution in [0.15, 0.2) is 48.0 Å². The predicted molar refractivity (Wildman–Crippen MR) is 128 cm³/mol. The fraction of sp³-hybridized carbons (Fsp3) is 0.280. The summed E-state index contributed by atoms with van der Waals surface area (Å²) in [7, 11) is 0. The van der Waals surface area contributed by atoms with Gasteiger partial charge >= 0.3 is 0 Å². The number of amides is 1. The number of halogens is 1. The van der Waals surface area contributed by atoms with E-state index in [0.717, 1.165) is 23.4 Å². The van der Waals surface area contributed by atoms with E-state index in [1.807, 2.05) is 17.5 Å². The molecule has 1 aliphatic carbocycles. The van der Waals surface area contributed by atoms with E-state index in [2.05, 4.69) is 40.4 Å². The standard InChI is InChI=1S/C25H24FN5OS/c1-14(2)17-9-10-33-24(17)21-5-4-6-23(28-21)29-25(32)19-12-18(15(3)11-20(19)26)22-13-27-31(30-22)16-7-8-16/h4-6,9-14,16H,7-8H2,1-3H3,(H,28,29,32). The summed E-state index contributed by atoms with van der Waals surface area (Å²) in [6.45, 7) is 6.07.